The number of hydrogen-bond donors (Lipinski definition) is 0. The van der Waals surface area contributed by atoms with Crippen molar-refractivity contribution in [3.63, 3.8) is 0 Å². The van der Waals surface area contributed by atoms with Crippen LogP contribution in [0.2, 0.25) is 0 Å². The summed E-state index contributed by atoms with van der Waals surface area (Å²) in [6.45, 7) is 1.81. The third-order valence-corrected chi connectivity index (χ3v) is 3.08. The monoisotopic (exact) mass is 357 g/mol. The topological polar surface area (TPSA) is 48.4 Å². The summed E-state index contributed by atoms with van der Waals surface area (Å²) in [7, 11) is 1.24. The molecule has 0 N–H and O–H groups in total. The summed E-state index contributed by atoms with van der Waals surface area (Å²) in [6.07, 6.45) is -1.59. The van der Waals surface area contributed by atoms with Crippen LogP contribution >= 0.6 is 22.6 Å². The number of carbonyl (C=O) groups excluding carboxylic acids is 1. The standard InChI is InChI=1S/C10H10F2INO3/c1-3-17-10(15)5-4-14-9(16-2)6(7(5)13)8(11)12/h4,8H,3H2,1-2H3. The largest absolute Gasteiger partial charge is 0.481 e. The van der Waals surface area contributed by atoms with Gasteiger partial charge in [0.05, 0.1) is 24.8 Å². The summed E-state index contributed by atoms with van der Waals surface area (Å²) in [6, 6.07) is 0. The van der Waals surface area contributed by atoms with Crippen molar-refractivity contribution in [2.24, 2.45) is 0 Å². The molecule has 0 saturated heterocycles. The van der Waals surface area contributed by atoms with E-state index >= 15 is 0 Å². The van der Waals surface area contributed by atoms with Crippen LogP contribution in [0.3, 0.4) is 0 Å². The second kappa shape index (κ2) is 6.08. The smallest absolute Gasteiger partial charge is 0.340 e. The molecule has 1 heterocycles. The second-order valence-electron chi connectivity index (χ2n) is 2.93. The van der Waals surface area contributed by atoms with Gasteiger partial charge < -0.3 is 9.47 Å². The molecule has 0 atom stereocenters. The minimum atomic E-state index is -2.77. The average Bonchev–Trinajstić information content (AvgIpc) is 2.27. The van der Waals surface area contributed by atoms with Gasteiger partial charge in [-0.05, 0) is 29.5 Å². The van der Waals surface area contributed by atoms with Crippen molar-refractivity contribution in [1.29, 1.82) is 0 Å². The van der Waals surface area contributed by atoms with E-state index in [-0.39, 0.29) is 21.6 Å². The first-order valence-corrected chi connectivity index (χ1v) is 5.78. The van der Waals surface area contributed by atoms with E-state index in [9.17, 15) is 13.6 Å². The van der Waals surface area contributed by atoms with E-state index in [2.05, 4.69) is 4.98 Å². The molecule has 1 rings (SSSR count). The first kappa shape index (κ1) is 14.1. The van der Waals surface area contributed by atoms with Crippen molar-refractivity contribution in [1.82, 2.24) is 4.98 Å². The molecule has 7 heteroatoms. The quantitative estimate of drug-likeness (QED) is 0.614. The molecule has 0 aromatic carbocycles. The van der Waals surface area contributed by atoms with Crippen LogP contribution < -0.4 is 4.74 Å². The summed E-state index contributed by atoms with van der Waals surface area (Å²) in [5, 5.41) is 0. The number of esters is 1. The highest BCUT2D eigenvalue weighted by Gasteiger charge is 2.24. The number of alkyl halides is 2. The molecule has 4 nitrogen and oxygen atoms in total. The van der Waals surface area contributed by atoms with Gasteiger partial charge in [0.15, 0.2) is 0 Å². The number of aromatic nitrogens is 1. The van der Waals surface area contributed by atoms with E-state index in [1.54, 1.807) is 29.5 Å². The van der Waals surface area contributed by atoms with Crippen molar-refractivity contribution >= 4 is 28.6 Å². The maximum absolute atomic E-state index is 12.8. The molecule has 17 heavy (non-hydrogen) atoms. The number of halogens is 3. The Balaban J connectivity index is 3.27. The lowest BCUT2D eigenvalue weighted by molar-refractivity contribution is 0.0523. The molecule has 0 aliphatic carbocycles. The van der Waals surface area contributed by atoms with E-state index in [0.29, 0.717) is 0 Å². The third-order valence-electron chi connectivity index (χ3n) is 1.92. The number of pyridine rings is 1. The fourth-order valence-corrected chi connectivity index (χ4v) is 2.02. The number of nitrogens with zero attached hydrogens (tertiary/aromatic N) is 1. The van der Waals surface area contributed by atoms with Crippen LogP contribution in [-0.4, -0.2) is 24.7 Å². The van der Waals surface area contributed by atoms with Crippen LogP contribution in [0, 0.1) is 3.57 Å². The Labute approximate surface area is 110 Å². The molecular formula is C10H10F2INO3. The van der Waals surface area contributed by atoms with Crippen LogP contribution in [0.4, 0.5) is 8.78 Å². The Morgan fingerprint density at radius 3 is 2.71 bits per heavy atom. The van der Waals surface area contributed by atoms with Crippen molar-refractivity contribution in [3.8, 4) is 5.88 Å². The lowest BCUT2D eigenvalue weighted by Crippen LogP contribution is -2.10. The Morgan fingerprint density at radius 1 is 1.59 bits per heavy atom. The summed E-state index contributed by atoms with van der Waals surface area (Å²) < 4.78 is 35.2. The van der Waals surface area contributed by atoms with Gasteiger partial charge in [-0.25, -0.2) is 18.6 Å². The minimum absolute atomic E-state index is 0.0172. The first-order valence-electron chi connectivity index (χ1n) is 4.70. The number of hydrogen-bond acceptors (Lipinski definition) is 4. The van der Waals surface area contributed by atoms with Gasteiger partial charge in [-0.2, -0.15) is 0 Å². The summed E-state index contributed by atoms with van der Waals surface area (Å²) in [5.41, 5.74) is -0.373. The predicted molar refractivity (Wildman–Crippen MR) is 64.4 cm³/mol. The fraction of sp³-hybridized carbons (Fsp3) is 0.400. The van der Waals surface area contributed by atoms with Gasteiger partial charge in [-0.3, -0.25) is 0 Å². The number of carbonyl (C=O) groups is 1. The zero-order valence-corrected chi connectivity index (χ0v) is 11.3. The van der Waals surface area contributed by atoms with Crippen LogP contribution in [0.1, 0.15) is 29.3 Å². The number of ether oxygens (including phenoxy) is 2. The molecule has 1 aromatic rings. The number of rotatable bonds is 4. The molecule has 0 amide bonds. The van der Waals surface area contributed by atoms with E-state index in [1.165, 1.54) is 13.3 Å². The molecular weight excluding hydrogens is 347 g/mol. The van der Waals surface area contributed by atoms with E-state index in [4.69, 9.17) is 9.47 Å². The Hall–Kier alpha value is -0.990. The summed E-state index contributed by atoms with van der Waals surface area (Å²) >= 11 is 1.66. The molecule has 0 radical (unpaired) electrons. The molecule has 94 valence electrons. The van der Waals surface area contributed by atoms with Crippen molar-refractivity contribution < 1.29 is 23.0 Å². The lowest BCUT2D eigenvalue weighted by Gasteiger charge is -2.11. The molecule has 0 fully saturated rings. The van der Waals surface area contributed by atoms with Gasteiger partial charge in [0.1, 0.15) is 0 Å². The average molecular weight is 357 g/mol. The van der Waals surface area contributed by atoms with Gasteiger partial charge in [-0.15, -0.1) is 0 Å². The third kappa shape index (κ3) is 3.02. The SMILES string of the molecule is CCOC(=O)c1cnc(OC)c(C(F)F)c1I. The Bertz CT molecular complexity index is 426. The maximum Gasteiger partial charge on any atom is 0.340 e. The van der Waals surface area contributed by atoms with Crippen LogP contribution in [0.25, 0.3) is 0 Å². The summed E-state index contributed by atoms with van der Waals surface area (Å²) in [5.74, 6) is -0.855. The highest BCUT2D eigenvalue weighted by molar-refractivity contribution is 14.1. The van der Waals surface area contributed by atoms with Crippen molar-refractivity contribution in [2.75, 3.05) is 13.7 Å². The van der Waals surface area contributed by atoms with Gasteiger partial charge in [0, 0.05) is 9.77 Å². The molecule has 0 bridgehead atoms. The lowest BCUT2D eigenvalue weighted by atomic mass is 10.2. The highest BCUT2D eigenvalue weighted by Crippen LogP contribution is 2.33. The molecule has 0 spiro atoms. The highest BCUT2D eigenvalue weighted by atomic mass is 127. The van der Waals surface area contributed by atoms with Crippen LogP contribution in [0.5, 0.6) is 5.88 Å². The first-order chi connectivity index (χ1) is 8.02. The maximum atomic E-state index is 12.8. The molecule has 0 aliphatic heterocycles. The van der Waals surface area contributed by atoms with Crippen LogP contribution in [-0.2, 0) is 4.74 Å². The molecule has 1 aromatic heterocycles. The van der Waals surface area contributed by atoms with E-state index < -0.39 is 18.0 Å². The van der Waals surface area contributed by atoms with Crippen molar-refractivity contribution in [2.45, 2.75) is 13.3 Å². The van der Waals surface area contributed by atoms with E-state index in [0.717, 1.165) is 0 Å². The summed E-state index contributed by atoms with van der Waals surface area (Å²) in [4.78, 5) is 15.2. The van der Waals surface area contributed by atoms with E-state index in [1.807, 2.05) is 0 Å². The predicted octanol–water partition coefficient (Wildman–Crippen LogP) is 2.81. The van der Waals surface area contributed by atoms with Crippen LogP contribution in [0.15, 0.2) is 6.20 Å². The Kier molecular flexibility index (Phi) is 5.03. The zero-order chi connectivity index (χ0) is 13.0. The van der Waals surface area contributed by atoms with Gasteiger partial charge in [-0.1, -0.05) is 0 Å². The fourth-order valence-electron chi connectivity index (χ4n) is 1.19. The van der Waals surface area contributed by atoms with Gasteiger partial charge in [0.25, 0.3) is 6.43 Å². The van der Waals surface area contributed by atoms with Gasteiger partial charge >= 0.3 is 5.97 Å². The minimum Gasteiger partial charge on any atom is -0.481 e. The van der Waals surface area contributed by atoms with Gasteiger partial charge in [0.2, 0.25) is 5.88 Å². The Morgan fingerprint density at radius 2 is 2.24 bits per heavy atom. The van der Waals surface area contributed by atoms with Crippen molar-refractivity contribution in [3.05, 3.63) is 20.9 Å². The zero-order valence-electron chi connectivity index (χ0n) is 9.17. The second-order valence-corrected chi connectivity index (χ2v) is 4.01. The molecule has 0 unspecified atom stereocenters. The molecule has 0 saturated carbocycles. The normalized spacial score (nSPS) is 10.5. The molecule has 0 aliphatic rings. The number of methoxy groups -OCH3 is 1.